The molecule has 3 rings (SSSR count). The zero-order chi connectivity index (χ0) is 17.6. The Hall–Kier alpha value is -2.17. The van der Waals surface area contributed by atoms with E-state index in [9.17, 15) is 4.79 Å². The molecule has 3 nitrogen and oxygen atoms in total. The van der Waals surface area contributed by atoms with E-state index in [2.05, 4.69) is 35.6 Å². The number of aryl methyl sites for hydroxylation is 1. The highest BCUT2D eigenvalue weighted by Gasteiger charge is 2.12. The van der Waals surface area contributed by atoms with Crippen LogP contribution in [0.1, 0.15) is 29.3 Å². The van der Waals surface area contributed by atoms with Crippen LogP contribution in [0.3, 0.4) is 0 Å². The molecule has 0 saturated carbocycles. The first-order chi connectivity index (χ1) is 12.2. The zero-order valence-electron chi connectivity index (χ0n) is 14.8. The maximum absolute atomic E-state index is 12.7. The molecule has 0 bridgehead atoms. The van der Waals surface area contributed by atoms with Gasteiger partial charge in [0.25, 0.3) is 5.56 Å². The van der Waals surface area contributed by atoms with Crippen molar-refractivity contribution in [3.63, 3.8) is 0 Å². The van der Waals surface area contributed by atoms with Gasteiger partial charge in [-0.25, -0.2) is 0 Å². The molecular weight excluding hydrogens is 328 g/mol. The second kappa shape index (κ2) is 8.28. The molecule has 0 aliphatic heterocycles. The van der Waals surface area contributed by atoms with Crippen LogP contribution in [0.2, 0.25) is 0 Å². The summed E-state index contributed by atoms with van der Waals surface area (Å²) in [6.07, 6.45) is 1.67. The van der Waals surface area contributed by atoms with E-state index in [4.69, 9.17) is 0 Å². The van der Waals surface area contributed by atoms with Gasteiger partial charge in [-0.3, -0.25) is 9.36 Å². The van der Waals surface area contributed by atoms with Crippen molar-refractivity contribution in [2.45, 2.75) is 33.2 Å². The molecule has 0 amide bonds. The third kappa shape index (κ3) is 4.09. The third-order valence-corrected chi connectivity index (χ3v) is 5.33. The Bertz CT molecular complexity index is 867. The normalized spacial score (nSPS) is 11.0. The van der Waals surface area contributed by atoms with Gasteiger partial charge in [-0.15, -0.1) is 11.3 Å². The number of hydrogen-bond donors (Lipinski definition) is 1. The summed E-state index contributed by atoms with van der Waals surface area (Å²) in [6, 6.07) is 16.5. The minimum atomic E-state index is 0.114. The number of rotatable bonds is 7. The van der Waals surface area contributed by atoms with Gasteiger partial charge in [0.2, 0.25) is 0 Å². The lowest BCUT2D eigenvalue weighted by Gasteiger charge is -2.15. The van der Waals surface area contributed by atoms with E-state index >= 15 is 0 Å². The van der Waals surface area contributed by atoms with E-state index in [1.54, 1.807) is 11.3 Å². The fourth-order valence-electron chi connectivity index (χ4n) is 3.04. The molecule has 0 atom stereocenters. The number of nitrogens with zero attached hydrogens (tertiary/aromatic N) is 1. The second-order valence-electron chi connectivity index (χ2n) is 6.14. The fourth-order valence-corrected chi connectivity index (χ4v) is 3.82. The SMILES string of the molecule is CCc1cc(CCNCc2ccccc2)c(C)n(-c2cccs2)c1=O. The van der Waals surface area contributed by atoms with E-state index < -0.39 is 0 Å². The first-order valence-corrected chi connectivity index (χ1v) is 9.61. The van der Waals surface area contributed by atoms with Crippen LogP contribution in [0.25, 0.3) is 5.00 Å². The van der Waals surface area contributed by atoms with Crippen LogP contribution in [0.4, 0.5) is 0 Å². The van der Waals surface area contributed by atoms with E-state index in [-0.39, 0.29) is 5.56 Å². The molecule has 0 spiro atoms. The predicted octanol–water partition coefficient (Wildman–Crippen LogP) is 4.10. The summed E-state index contributed by atoms with van der Waals surface area (Å²) in [5, 5.41) is 6.51. The summed E-state index contributed by atoms with van der Waals surface area (Å²) in [6.45, 7) is 5.85. The first-order valence-electron chi connectivity index (χ1n) is 8.73. The van der Waals surface area contributed by atoms with Gasteiger partial charge in [0.05, 0.1) is 0 Å². The average molecular weight is 353 g/mol. The highest BCUT2D eigenvalue weighted by molar-refractivity contribution is 7.12. The summed E-state index contributed by atoms with van der Waals surface area (Å²) < 4.78 is 1.87. The molecule has 0 aliphatic carbocycles. The Morgan fingerprint density at radius 2 is 1.88 bits per heavy atom. The topological polar surface area (TPSA) is 34.0 Å². The molecule has 130 valence electrons. The third-order valence-electron chi connectivity index (χ3n) is 4.48. The minimum absolute atomic E-state index is 0.114. The second-order valence-corrected chi connectivity index (χ2v) is 7.06. The smallest absolute Gasteiger partial charge is 0.259 e. The van der Waals surface area contributed by atoms with Crippen molar-refractivity contribution in [3.8, 4) is 5.00 Å². The summed E-state index contributed by atoms with van der Waals surface area (Å²) in [5.74, 6) is 0. The van der Waals surface area contributed by atoms with Crippen molar-refractivity contribution in [3.05, 3.63) is 86.6 Å². The lowest BCUT2D eigenvalue weighted by molar-refractivity contribution is 0.680. The Morgan fingerprint density at radius 1 is 1.08 bits per heavy atom. The van der Waals surface area contributed by atoms with E-state index in [1.165, 1.54) is 11.1 Å². The van der Waals surface area contributed by atoms with Crippen molar-refractivity contribution >= 4 is 11.3 Å². The summed E-state index contributed by atoms with van der Waals surface area (Å²) in [4.78, 5) is 12.7. The highest BCUT2D eigenvalue weighted by atomic mass is 32.1. The average Bonchev–Trinajstić information content (AvgIpc) is 3.15. The monoisotopic (exact) mass is 352 g/mol. The van der Waals surface area contributed by atoms with Gasteiger partial charge in [0.15, 0.2) is 0 Å². The van der Waals surface area contributed by atoms with Crippen molar-refractivity contribution < 1.29 is 0 Å². The number of thiophene rings is 1. The van der Waals surface area contributed by atoms with Crippen molar-refractivity contribution in [2.24, 2.45) is 0 Å². The molecule has 1 N–H and O–H groups in total. The molecule has 0 fully saturated rings. The molecular formula is C21H24N2OS. The van der Waals surface area contributed by atoms with Crippen LogP contribution in [0.15, 0.2) is 58.7 Å². The Morgan fingerprint density at radius 3 is 2.56 bits per heavy atom. The molecule has 4 heteroatoms. The van der Waals surface area contributed by atoms with Crippen molar-refractivity contribution in [1.29, 1.82) is 0 Å². The van der Waals surface area contributed by atoms with Crippen LogP contribution in [0, 0.1) is 6.92 Å². The number of hydrogen-bond acceptors (Lipinski definition) is 3. The Kier molecular flexibility index (Phi) is 5.84. The Balaban J connectivity index is 1.77. The molecule has 2 heterocycles. The number of benzene rings is 1. The van der Waals surface area contributed by atoms with E-state index in [0.717, 1.165) is 42.2 Å². The van der Waals surface area contributed by atoms with Gasteiger partial charge < -0.3 is 5.32 Å². The summed E-state index contributed by atoms with van der Waals surface area (Å²) in [5.41, 5.74) is 4.58. The molecule has 1 aromatic carbocycles. The minimum Gasteiger partial charge on any atom is -0.312 e. The van der Waals surface area contributed by atoms with Gasteiger partial charge >= 0.3 is 0 Å². The number of aromatic nitrogens is 1. The highest BCUT2D eigenvalue weighted by Crippen LogP contribution is 2.18. The molecule has 0 unspecified atom stereocenters. The van der Waals surface area contributed by atoms with Gasteiger partial charge in [-0.2, -0.15) is 0 Å². The van der Waals surface area contributed by atoms with E-state index in [1.807, 2.05) is 42.0 Å². The van der Waals surface area contributed by atoms with Gasteiger partial charge in [-0.1, -0.05) is 37.3 Å². The van der Waals surface area contributed by atoms with Gasteiger partial charge in [-0.05, 0) is 61.0 Å². The van der Waals surface area contributed by atoms with E-state index in [0.29, 0.717) is 0 Å². The first kappa shape index (κ1) is 17.6. The predicted molar refractivity (Wildman–Crippen MR) is 106 cm³/mol. The van der Waals surface area contributed by atoms with Crippen molar-refractivity contribution in [1.82, 2.24) is 9.88 Å². The van der Waals surface area contributed by atoms with Gasteiger partial charge in [0.1, 0.15) is 5.00 Å². The van der Waals surface area contributed by atoms with Crippen LogP contribution in [-0.4, -0.2) is 11.1 Å². The standard InChI is InChI=1S/C21H24N2OS/c1-3-18-14-19(11-12-22-15-17-8-5-4-6-9-17)16(2)23(21(18)24)20-10-7-13-25-20/h4-10,13-14,22H,3,11-12,15H2,1-2H3. The number of nitrogens with one attached hydrogen (secondary N) is 1. The van der Waals surface area contributed by atoms with Crippen LogP contribution in [-0.2, 0) is 19.4 Å². The summed E-state index contributed by atoms with van der Waals surface area (Å²) >= 11 is 1.61. The van der Waals surface area contributed by atoms with Crippen LogP contribution < -0.4 is 10.9 Å². The van der Waals surface area contributed by atoms with Gasteiger partial charge in [0, 0.05) is 17.8 Å². The molecule has 2 aromatic heterocycles. The molecule has 0 saturated heterocycles. The molecule has 3 aromatic rings. The van der Waals surface area contributed by atoms with Crippen LogP contribution in [0.5, 0.6) is 0 Å². The number of pyridine rings is 1. The Labute approximate surface area is 153 Å². The fraction of sp³-hybridized carbons (Fsp3) is 0.286. The maximum Gasteiger partial charge on any atom is 0.259 e. The molecule has 25 heavy (non-hydrogen) atoms. The molecule has 0 aliphatic rings. The largest absolute Gasteiger partial charge is 0.312 e. The molecule has 0 radical (unpaired) electrons. The lowest BCUT2D eigenvalue weighted by atomic mass is 10.1. The van der Waals surface area contributed by atoms with Crippen molar-refractivity contribution in [2.75, 3.05) is 6.54 Å². The summed E-state index contributed by atoms with van der Waals surface area (Å²) in [7, 11) is 0. The lowest BCUT2D eigenvalue weighted by Crippen LogP contribution is -2.26. The van der Waals surface area contributed by atoms with Crippen LogP contribution >= 0.6 is 11.3 Å². The zero-order valence-corrected chi connectivity index (χ0v) is 15.6. The maximum atomic E-state index is 12.7. The quantitative estimate of drug-likeness (QED) is 0.650.